The van der Waals surface area contributed by atoms with Crippen molar-refractivity contribution in [2.75, 3.05) is 39.5 Å². The first-order valence-corrected chi connectivity index (χ1v) is 11.4. The lowest BCUT2D eigenvalue weighted by Gasteiger charge is -2.31. The molecule has 30 heavy (non-hydrogen) atoms. The van der Waals surface area contributed by atoms with E-state index in [4.69, 9.17) is 9.47 Å². The van der Waals surface area contributed by atoms with Gasteiger partial charge in [-0.15, -0.1) is 0 Å². The Hall–Kier alpha value is -1.96. The largest absolute Gasteiger partial charge is 0.379 e. The second kappa shape index (κ2) is 12.0. The number of piperidine rings is 1. The number of ether oxygens (including phenoxy) is 2. The van der Waals surface area contributed by atoms with Gasteiger partial charge < -0.3 is 18.9 Å². The van der Waals surface area contributed by atoms with E-state index in [1.807, 2.05) is 54.6 Å². The van der Waals surface area contributed by atoms with Crippen molar-refractivity contribution in [2.24, 2.45) is 0 Å². The average molecular weight is 476 g/mol. The molecule has 0 aliphatic carbocycles. The number of hydrogen-bond donors (Lipinski definition) is 0. The summed E-state index contributed by atoms with van der Waals surface area (Å²) in [5.41, 5.74) is 1.01. The van der Waals surface area contributed by atoms with Crippen molar-refractivity contribution in [1.82, 2.24) is 14.5 Å². The van der Waals surface area contributed by atoms with Crippen LogP contribution in [0.4, 0.5) is 0 Å². The summed E-state index contributed by atoms with van der Waals surface area (Å²) < 4.78 is 14.1. The number of likely N-dealkylation sites (tertiary alicyclic amines) is 1. The van der Waals surface area contributed by atoms with E-state index in [-0.39, 0.29) is 5.91 Å². The smallest absolute Gasteiger partial charge is 0.246 e. The maximum absolute atomic E-state index is 12.6. The Bertz CT molecular complexity index is 829. The molecule has 0 spiro atoms. The van der Waals surface area contributed by atoms with Gasteiger partial charge in [-0.25, -0.2) is 4.98 Å². The molecule has 1 aromatic carbocycles. The number of nitrogens with zero attached hydrogens (tertiary/aromatic N) is 3. The summed E-state index contributed by atoms with van der Waals surface area (Å²) in [4.78, 5) is 19.1. The summed E-state index contributed by atoms with van der Waals surface area (Å²) in [6, 6.07) is 7.89. The molecular formula is C23H30BrN3O3. The predicted octanol–water partition coefficient (Wildman–Crippen LogP) is 4.12. The normalized spacial score (nSPS) is 15.2. The molecule has 2 heterocycles. The van der Waals surface area contributed by atoms with Crippen LogP contribution in [0.1, 0.15) is 37.1 Å². The van der Waals surface area contributed by atoms with Gasteiger partial charge in [-0.1, -0.05) is 34.1 Å². The number of aromatic nitrogens is 2. The molecule has 7 heteroatoms. The molecule has 0 radical (unpaired) electrons. The van der Waals surface area contributed by atoms with Gasteiger partial charge in [0.05, 0.1) is 19.8 Å². The second-order valence-electron chi connectivity index (χ2n) is 7.24. The van der Waals surface area contributed by atoms with E-state index in [0.717, 1.165) is 54.9 Å². The maximum Gasteiger partial charge on any atom is 0.246 e. The van der Waals surface area contributed by atoms with Gasteiger partial charge in [0.2, 0.25) is 5.91 Å². The van der Waals surface area contributed by atoms with Crippen molar-refractivity contribution >= 4 is 27.9 Å². The minimum atomic E-state index is 0.0650. The highest BCUT2D eigenvalue weighted by Crippen LogP contribution is 2.27. The first-order chi connectivity index (χ1) is 14.7. The third-order valence-electron chi connectivity index (χ3n) is 5.28. The van der Waals surface area contributed by atoms with Crippen LogP contribution < -0.4 is 0 Å². The van der Waals surface area contributed by atoms with E-state index < -0.39 is 0 Å². The summed E-state index contributed by atoms with van der Waals surface area (Å²) in [6.45, 7) is 6.89. The van der Waals surface area contributed by atoms with Gasteiger partial charge in [0, 0.05) is 55.1 Å². The third kappa shape index (κ3) is 6.52. The number of rotatable bonds is 10. The van der Waals surface area contributed by atoms with E-state index in [2.05, 4.69) is 25.5 Å². The summed E-state index contributed by atoms with van der Waals surface area (Å²) in [7, 11) is 0. The molecule has 0 bridgehead atoms. The standard InChI is InChI=1S/C23H30BrN3O3/c1-2-29-17-18-30-16-15-27-14-11-25-23(27)20-9-12-26(13-10-20)22(28)8-7-19-5-3-4-6-21(19)24/h3-8,11,14,20H,2,9-10,12-13,15-18H2,1H3. The van der Waals surface area contributed by atoms with Crippen LogP contribution in [-0.2, 0) is 20.8 Å². The van der Waals surface area contributed by atoms with E-state index in [0.29, 0.717) is 25.7 Å². The Balaban J connectivity index is 1.46. The number of hydrogen-bond acceptors (Lipinski definition) is 4. The molecule has 162 valence electrons. The predicted molar refractivity (Wildman–Crippen MR) is 121 cm³/mol. The van der Waals surface area contributed by atoms with Crippen molar-refractivity contribution in [3.63, 3.8) is 0 Å². The lowest BCUT2D eigenvalue weighted by atomic mass is 9.95. The summed E-state index contributed by atoms with van der Waals surface area (Å²) in [5.74, 6) is 1.54. The van der Waals surface area contributed by atoms with Crippen molar-refractivity contribution in [1.29, 1.82) is 0 Å². The molecule has 3 rings (SSSR count). The Morgan fingerprint density at radius 1 is 1.20 bits per heavy atom. The van der Waals surface area contributed by atoms with Crippen molar-refractivity contribution in [3.05, 3.63) is 58.6 Å². The first-order valence-electron chi connectivity index (χ1n) is 10.6. The first kappa shape index (κ1) is 22.7. The zero-order chi connectivity index (χ0) is 21.2. The lowest BCUT2D eigenvalue weighted by Crippen LogP contribution is -2.37. The minimum absolute atomic E-state index is 0.0650. The fraction of sp³-hybridized carbons (Fsp3) is 0.478. The van der Waals surface area contributed by atoms with Crippen LogP contribution in [0.3, 0.4) is 0 Å². The number of benzene rings is 1. The van der Waals surface area contributed by atoms with Gasteiger partial charge in [-0.05, 0) is 37.5 Å². The monoisotopic (exact) mass is 475 g/mol. The van der Waals surface area contributed by atoms with Crippen LogP contribution in [0.15, 0.2) is 47.2 Å². The molecule has 1 amide bonds. The maximum atomic E-state index is 12.6. The molecular weight excluding hydrogens is 446 g/mol. The molecule has 1 saturated heterocycles. The quantitative estimate of drug-likeness (QED) is 0.383. The Morgan fingerprint density at radius 2 is 1.97 bits per heavy atom. The van der Waals surface area contributed by atoms with Gasteiger partial charge in [0.15, 0.2) is 0 Å². The number of halogens is 1. The Kier molecular flexibility index (Phi) is 9.11. The highest BCUT2D eigenvalue weighted by atomic mass is 79.9. The van der Waals surface area contributed by atoms with E-state index >= 15 is 0 Å². The SMILES string of the molecule is CCOCCOCCn1ccnc1C1CCN(C(=O)C=Cc2ccccc2Br)CC1. The van der Waals surface area contributed by atoms with Gasteiger partial charge in [0.25, 0.3) is 0 Å². The number of amides is 1. The highest BCUT2D eigenvalue weighted by molar-refractivity contribution is 9.10. The van der Waals surface area contributed by atoms with Crippen LogP contribution in [0, 0.1) is 0 Å². The molecule has 0 N–H and O–H groups in total. The van der Waals surface area contributed by atoms with E-state index in [1.165, 1.54) is 0 Å². The van der Waals surface area contributed by atoms with Gasteiger partial charge in [-0.2, -0.15) is 0 Å². The molecule has 0 unspecified atom stereocenters. The fourth-order valence-electron chi connectivity index (χ4n) is 3.63. The van der Waals surface area contributed by atoms with Crippen LogP contribution in [0.2, 0.25) is 0 Å². The molecule has 0 saturated carbocycles. The van der Waals surface area contributed by atoms with Crippen LogP contribution in [-0.4, -0.2) is 59.9 Å². The second-order valence-corrected chi connectivity index (χ2v) is 8.10. The van der Waals surface area contributed by atoms with Gasteiger partial charge in [-0.3, -0.25) is 4.79 Å². The summed E-state index contributed by atoms with van der Waals surface area (Å²) in [6.07, 6.45) is 9.26. The third-order valence-corrected chi connectivity index (χ3v) is 6.00. The number of imidazole rings is 1. The Labute approximate surface area is 187 Å². The van der Waals surface area contributed by atoms with Crippen LogP contribution in [0.5, 0.6) is 0 Å². The van der Waals surface area contributed by atoms with E-state index in [1.54, 1.807) is 6.08 Å². The van der Waals surface area contributed by atoms with Crippen molar-refractivity contribution in [3.8, 4) is 0 Å². The van der Waals surface area contributed by atoms with Crippen LogP contribution >= 0.6 is 15.9 Å². The topological polar surface area (TPSA) is 56.6 Å². The van der Waals surface area contributed by atoms with Gasteiger partial charge in [0.1, 0.15) is 5.82 Å². The molecule has 1 aliphatic heterocycles. The van der Waals surface area contributed by atoms with Crippen molar-refractivity contribution in [2.45, 2.75) is 32.2 Å². The molecule has 0 atom stereocenters. The fourth-order valence-corrected chi connectivity index (χ4v) is 4.05. The summed E-state index contributed by atoms with van der Waals surface area (Å²) in [5, 5.41) is 0. The average Bonchev–Trinajstić information content (AvgIpc) is 3.24. The zero-order valence-electron chi connectivity index (χ0n) is 17.5. The van der Waals surface area contributed by atoms with Crippen LogP contribution in [0.25, 0.3) is 6.08 Å². The zero-order valence-corrected chi connectivity index (χ0v) is 19.1. The molecule has 1 fully saturated rings. The van der Waals surface area contributed by atoms with E-state index in [9.17, 15) is 4.79 Å². The lowest BCUT2D eigenvalue weighted by molar-refractivity contribution is -0.127. The highest BCUT2D eigenvalue weighted by Gasteiger charge is 2.25. The number of carbonyl (C=O) groups is 1. The molecule has 1 aliphatic rings. The molecule has 1 aromatic heterocycles. The molecule has 6 nitrogen and oxygen atoms in total. The summed E-state index contributed by atoms with van der Waals surface area (Å²) >= 11 is 3.51. The van der Waals surface area contributed by atoms with Gasteiger partial charge >= 0.3 is 0 Å². The Morgan fingerprint density at radius 3 is 2.73 bits per heavy atom. The number of carbonyl (C=O) groups excluding carboxylic acids is 1. The van der Waals surface area contributed by atoms with Crippen molar-refractivity contribution < 1.29 is 14.3 Å². The minimum Gasteiger partial charge on any atom is -0.379 e. The molecule has 2 aromatic rings.